The van der Waals surface area contributed by atoms with E-state index < -0.39 is 5.97 Å². The van der Waals surface area contributed by atoms with Crippen molar-refractivity contribution in [3.05, 3.63) is 35.9 Å². The summed E-state index contributed by atoms with van der Waals surface area (Å²) >= 11 is 4.88. The van der Waals surface area contributed by atoms with Gasteiger partial charge in [0.05, 0.1) is 6.61 Å². The van der Waals surface area contributed by atoms with Gasteiger partial charge in [0.15, 0.2) is 5.11 Å². The number of hydrogen-bond acceptors (Lipinski definition) is 4. The molecule has 0 spiro atoms. The Balaban J connectivity index is 2.27. The van der Waals surface area contributed by atoms with E-state index in [-0.39, 0.29) is 17.6 Å². The highest BCUT2D eigenvalue weighted by molar-refractivity contribution is 7.80. The van der Waals surface area contributed by atoms with Gasteiger partial charge in [-0.2, -0.15) is 0 Å². The molecule has 1 aromatic rings. The highest BCUT2D eigenvalue weighted by Crippen LogP contribution is 1.96. The van der Waals surface area contributed by atoms with Crippen molar-refractivity contribution in [1.82, 2.24) is 16.2 Å². The van der Waals surface area contributed by atoms with E-state index in [1.165, 1.54) is 0 Å². The summed E-state index contributed by atoms with van der Waals surface area (Å²) in [5, 5.41) is 2.74. The van der Waals surface area contributed by atoms with E-state index in [4.69, 9.17) is 17.0 Å². The maximum atomic E-state index is 11.6. The summed E-state index contributed by atoms with van der Waals surface area (Å²) in [7, 11) is 0. The van der Waals surface area contributed by atoms with Gasteiger partial charge in [0.1, 0.15) is 6.54 Å². The fourth-order valence-corrected chi connectivity index (χ4v) is 1.31. The predicted molar refractivity (Wildman–Crippen MR) is 74.3 cm³/mol. The Morgan fingerprint density at radius 1 is 1.21 bits per heavy atom. The van der Waals surface area contributed by atoms with Crippen molar-refractivity contribution in [1.29, 1.82) is 0 Å². The Morgan fingerprint density at radius 2 is 1.89 bits per heavy atom. The molecule has 1 amide bonds. The van der Waals surface area contributed by atoms with E-state index in [0.717, 1.165) is 0 Å². The normalized spacial score (nSPS) is 9.32. The topological polar surface area (TPSA) is 79.5 Å². The van der Waals surface area contributed by atoms with Crippen LogP contribution in [-0.4, -0.2) is 30.1 Å². The maximum absolute atomic E-state index is 11.6. The molecule has 0 fully saturated rings. The highest BCUT2D eigenvalue weighted by Gasteiger charge is 2.05. The Hall–Kier alpha value is -2.15. The van der Waals surface area contributed by atoms with Crippen molar-refractivity contribution in [2.45, 2.75) is 6.92 Å². The van der Waals surface area contributed by atoms with Crippen LogP contribution in [-0.2, 0) is 9.53 Å². The molecule has 102 valence electrons. The van der Waals surface area contributed by atoms with E-state index in [2.05, 4.69) is 16.2 Å². The molecule has 0 aliphatic carbocycles. The molecule has 0 aliphatic heterocycles. The number of carbonyl (C=O) groups excluding carboxylic acids is 2. The molecule has 0 bridgehead atoms. The average molecular weight is 281 g/mol. The Kier molecular flexibility index (Phi) is 6.31. The smallest absolute Gasteiger partial charge is 0.325 e. The third kappa shape index (κ3) is 5.82. The van der Waals surface area contributed by atoms with E-state index in [9.17, 15) is 9.59 Å². The second-order valence-corrected chi connectivity index (χ2v) is 3.84. The first-order valence-corrected chi connectivity index (χ1v) is 6.09. The zero-order valence-electron chi connectivity index (χ0n) is 10.4. The second-order valence-electron chi connectivity index (χ2n) is 3.43. The number of esters is 1. The van der Waals surface area contributed by atoms with Crippen LogP contribution in [0.25, 0.3) is 0 Å². The number of rotatable bonds is 4. The van der Waals surface area contributed by atoms with Gasteiger partial charge in [-0.05, 0) is 31.3 Å². The van der Waals surface area contributed by atoms with E-state index >= 15 is 0 Å². The molecule has 6 nitrogen and oxygen atoms in total. The quantitative estimate of drug-likeness (QED) is 0.420. The fourth-order valence-electron chi connectivity index (χ4n) is 1.18. The summed E-state index contributed by atoms with van der Waals surface area (Å²) < 4.78 is 4.71. The maximum Gasteiger partial charge on any atom is 0.325 e. The highest BCUT2D eigenvalue weighted by atomic mass is 32.1. The largest absolute Gasteiger partial charge is 0.465 e. The number of carbonyl (C=O) groups is 2. The fraction of sp³-hybridized carbons (Fsp3) is 0.250. The summed E-state index contributed by atoms with van der Waals surface area (Å²) in [6.45, 7) is 1.97. The minimum absolute atomic E-state index is 0.0547. The number of hydrogen-bond donors (Lipinski definition) is 3. The van der Waals surface area contributed by atoms with Crippen molar-refractivity contribution in [2.24, 2.45) is 0 Å². The lowest BCUT2D eigenvalue weighted by molar-refractivity contribution is -0.141. The molecule has 1 rings (SSSR count). The minimum Gasteiger partial charge on any atom is -0.465 e. The molecular weight excluding hydrogens is 266 g/mol. The van der Waals surface area contributed by atoms with Crippen LogP contribution in [0.5, 0.6) is 0 Å². The molecule has 3 N–H and O–H groups in total. The van der Waals surface area contributed by atoms with Crippen LogP contribution in [0.2, 0.25) is 0 Å². The molecule has 0 saturated carbocycles. The monoisotopic (exact) mass is 281 g/mol. The van der Waals surface area contributed by atoms with E-state index in [0.29, 0.717) is 12.2 Å². The van der Waals surface area contributed by atoms with E-state index in [1.54, 1.807) is 31.2 Å². The summed E-state index contributed by atoms with van der Waals surface area (Å²) in [6, 6.07) is 8.67. The molecule has 19 heavy (non-hydrogen) atoms. The van der Waals surface area contributed by atoms with Gasteiger partial charge in [-0.25, -0.2) is 0 Å². The Bertz CT molecular complexity index is 451. The van der Waals surface area contributed by atoms with Crippen LogP contribution in [0.4, 0.5) is 0 Å². The lowest BCUT2D eigenvalue weighted by atomic mass is 10.2. The molecule has 0 saturated heterocycles. The van der Waals surface area contributed by atoms with Crippen molar-refractivity contribution in [3.8, 4) is 0 Å². The molecule has 7 heteroatoms. The van der Waals surface area contributed by atoms with Gasteiger partial charge in [-0.3, -0.25) is 20.4 Å². The molecule has 0 aliphatic rings. The summed E-state index contributed by atoms with van der Waals surface area (Å²) in [6.07, 6.45) is 0. The zero-order valence-corrected chi connectivity index (χ0v) is 11.3. The second kappa shape index (κ2) is 8.04. The van der Waals surface area contributed by atoms with Crippen LogP contribution in [0.15, 0.2) is 30.3 Å². The van der Waals surface area contributed by atoms with Gasteiger partial charge in [-0.1, -0.05) is 18.2 Å². The molecule has 0 radical (unpaired) electrons. The van der Waals surface area contributed by atoms with E-state index in [1.807, 2.05) is 6.07 Å². The van der Waals surface area contributed by atoms with Gasteiger partial charge in [0, 0.05) is 5.56 Å². The zero-order chi connectivity index (χ0) is 14.1. The van der Waals surface area contributed by atoms with Crippen LogP contribution in [0, 0.1) is 0 Å². The SMILES string of the molecule is CCOC(=O)CNC(=S)NNC(=O)c1ccccc1. The first kappa shape index (κ1) is 14.9. The number of nitrogens with one attached hydrogen (secondary N) is 3. The van der Waals surface area contributed by atoms with Gasteiger partial charge >= 0.3 is 5.97 Å². The van der Waals surface area contributed by atoms with Crippen LogP contribution >= 0.6 is 12.2 Å². The minimum atomic E-state index is -0.416. The van der Waals surface area contributed by atoms with Crippen LogP contribution in [0.3, 0.4) is 0 Å². The Morgan fingerprint density at radius 3 is 2.53 bits per heavy atom. The van der Waals surface area contributed by atoms with Crippen molar-refractivity contribution >= 4 is 29.2 Å². The first-order valence-electron chi connectivity index (χ1n) is 5.68. The van der Waals surface area contributed by atoms with Crippen LogP contribution in [0.1, 0.15) is 17.3 Å². The average Bonchev–Trinajstić information content (AvgIpc) is 2.44. The Labute approximate surface area is 116 Å². The van der Waals surface area contributed by atoms with Gasteiger partial charge in [-0.15, -0.1) is 0 Å². The molecule has 0 heterocycles. The first-order chi connectivity index (χ1) is 9.13. The summed E-state index contributed by atoms with van der Waals surface area (Å²) in [5.74, 6) is -0.734. The number of hydrazine groups is 1. The molecule has 0 atom stereocenters. The third-order valence-electron chi connectivity index (χ3n) is 2.02. The van der Waals surface area contributed by atoms with Crippen molar-refractivity contribution < 1.29 is 14.3 Å². The van der Waals surface area contributed by atoms with Crippen LogP contribution < -0.4 is 16.2 Å². The number of thiocarbonyl (C=S) groups is 1. The lowest BCUT2D eigenvalue weighted by Gasteiger charge is -2.11. The van der Waals surface area contributed by atoms with Crippen molar-refractivity contribution in [2.75, 3.05) is 13.2 Å². The number of ether oxygens (including phenoxy) is 1. The molecule has 1 aromatic carbocycles. The summed E-state index contributed by atoms with van der Waals surface area (Å²) in [4.78, 5) is 22.7. The molecule has 0 unspecified atom stereocenters. The third-order valence-corrected chi connectivity index (χ3v) is 2.27. The van der Waals surface area contributed by atoms with Gasteiger partial charge < -0.3 is 10.1 Å². The number of amides is 1. The van der Waals surface area contributed by atoms with Gasteiger partial charge in [0.25, 0.3) is 5.91 Å². The lowest BCUT2D eigenvalue weighted by Crippen LogP contribution is -2.48. The summed E-state index contributed by atoms with van der Waals surface area (Å²) in [5.41, 5.74) is 5.40. The molecular formula is C12H15N3O3S. The predicted octanol–water partition coefficient (Wildman–Crippen LogP) is 0.359. The standard InChI is InChI=1S/C12H15N3O3S/c1-2-18-10(16)8-13-12(19)15-14-11(17)9-6-4-3-5-7-9/h3-7H,2,8H2,1H3,(H,14,17)(H2,13,15,19). The van der Waals surface area contributed by atoms with Gasteiger partial charge in [0.2, 0.25) is 0 Å². The van der Waals surface area contributed by atoms with Crippen molar-refractivity contribution in [3.63, 3.8) is 0 Å². The molecule has 0 aromatic heterocycles. The number of benzene rings is 1.